The second kappa shape index (κ2) is 6.06. The van der Waals surface area contributed by atoms with Gasteiger partial charge in [0, 0.05) is 11.6 Å². The highest BCUT2D eigenvalue weighted by molar-refractivity contribution is 5.59. The molecule has 4 heteroatoms. The van der Waals surface area contributed by atoms with E-state index in [1.807, 2.05) is 42.5 Å². The maximum absolute atomic E-state index is 12.0. The summed E-state index contributed by atoms with van der Waals surface area (Å²) in [6.45, 7) is 0.434. The Morgan fingerprint density at radius 2 is 1.68 bits per heavy atom. The van der Waals surface area contributed by atoms with E-state index in [1.54, 1.807) is 18.2 Å². The molecule has 1 aromatic heterocycles. The zero-order chi connectivity index (χ0) is 15.4. The highest BCUT2D eigenvalue weighted by atomic mass is 16.1. The highest BCUT2D eigenvalue weighted by Crippen LogP contribution is 2.16. The molecule has 22 heavy (non-hydrogen) atoms. The first kappa shape index (κ1) is 13.8. The lowest BCUT2D eigenvalue weighted by atomic mass is 10.1. The third-order valence-electron chi connectivity index (χ3n) is 3.35. The van der Waals surface area contributed by atoms with E-state index in [-0.39, 0.29) is 5.56 Å². The Kier molecular flexibility index (Phi) is 3.80. The molecule has 3 aromatic rings. The van der Waals surface area contributed by atoms with Gasteiger partial charge in [-0.25, -0.2) is 4.68 Å². The van der Waals surface area contributed by atoms with Gasteiger partial charge in [-0.3, -0.25) is 4.79 Å². The lowest BCUT2D eigenvalue weighted by Crippen LogP contribution is -2.22. The molecule has 0 bridgehead atoms. The van der Waals surface area contributed by atoms with E-state index in [2.05, 4.69) is 11.2 Å². The van der Waals surface area contributed by atoms with Gasteiger partial charge in [0.05, 0.1) is 23.9 Å². The Morgan fingerprint density at radius 1 is 0.955 bits per heavy atom. The van der Waals surface area contributed by atoms with E-state index in [1.165, 1.54) is 10.7 Å². The molecule has 0 radical (unpaired) electrons. The minimum atomic E-state index is -0.138. The topological polar surface area (TPSA) is 58.7 Å². The molecule has 1 heterocycles. The molecule has 0 spiro atoms. The van der Waals surface area contributed by atoms with Gasteiger partial charge >= 0.3 is 0 Å². The third-order valence-corrected chi connectivity index (χ3v) is 3.35. The molecule has 0 aliphatic rings. The molecule has 4 nitrogen and oxygen atoms in total. The predicted octanol–water partition coefficient (Wildman–Crippen LogP) is 2.83. The molecular weight excluding hydrogens is 274 g/mol. The van der Waals surface area contributed by atoms with Crippen LogP contribution in [-0.4, -0.2) is 9.78 Å². The summed E-state index contributed by atoms with van der Waals surface area (Å²) in [5.74, 6) is 0. The van der Waals surface area contributed by atoms with Gasteiger partial charge in [0.25, 0.3) is 5.56 Å². The first-order valence-corrected chi connectivity index (χ1v) is 6.89. The SMILES string of the molecule is N#Cc1ccc(-c2ccc(=O)n(Cc3ccccc3)n2)cc1. The van der Waals surface area contributed by atoms with Gasteiger partial charge in [0.1, 0.15) is 0 Å². The van der Waals surface area contributed by atoms with Crippen LogP contribution in [0.25, 0.3) is 11.3 Å². The molecule has 0 aliphatic heterocycles. The van der Waals surface area contributed by atoms with Crippen LogP contribution in [0.1, 0.15) is 11.1 Å². The van der Waals surface area contributed by atoms with Crippen molar-refractivity contribution < 1.29 is 0 Å². The number of nitriles is 1. The minimum absolute atomic E-state index is 0.138. The van der Waals surface area contributed by atoms with Crippen LogP contribution < -0.4 is 5.56 Å². The summed E-state index contributed by atoms with van der Waals surface area (Å²) in [5.41, 5.74) is 3.07. The second-order valence-electron chi connectivity index (χ2n) is 4.89. The monoisotopic (exact) mass is 287 g/mol. The molecule has 0 aliphatic carbocycles. The van der Waals surface area contributed by atoms with Crippen molar-refractivity contribution in [1.82, 2.24) is 9.78 Å². The van der Waals surface area contributed by atoms with Crippen LogP contribution in [0.4, 0.5) is 0 Å². The molecule has 3 rings (SSSR count). The fourth-order valence-corrected chi connectivity index (χ4v) is 2.19. The van der Waals surface area contributed by atoms with Gasteiger partial charge < -0.3 is 0 Å². The van der Waals surface area contributed by atoms with Crippen molar-refractivity contribution in [3.63, 3.8) is 0 Å². The molecule has 0 unspecified atom stereocenters. The zero-order valence-electron chi connectivity index (χ0n) is 11.8. The van der Waals surface area contributed by atoms with Crippen LogP contribution >= 0.6 is 0 Å². The summed E-state index contributed by atoms with van der Waals surface area (Å²) in [7, 11) is 0. The Hall–Kier alpha value is -3.19. The molecule has 0 fully saturated rings. The number of aromatic nitrogens is 2. The lowest BCUT2D eigenvalue weighted by molar-refractivity contribution is 0.643. The third kappa shape index (κ3) is 2.94. The number of benzene rings is 2. The molecule has 0 saturated carbocycles. The van der Waals surface area contributed by atoms with Gasteiger partial charge in [-0.05, 0) is 23.8 Å². The number of nitrogens with zero attached hydrogens (tertiary/aromatic N) is 3. The molecule has 0 atom stereocenters. The Morgan fingerprint density at radius 3 is 2.36 bits per heavy atom. The summed E-state index contributed by atoms with van der Waals surface area (Å²) in [5, 5.41) is 13.2. The van der Waals surface area contributed by atoms with Crippen molar-refractivity contribution in [2.75, 3.05) is 0 Å². The van der Waals surface area contributed by atoms with Crippen molar-refractivity contribution in [2.45, 2.75) is 6.54 Å². The van der Waals surface area contributed by atoms with Gasteiger partial charge in [-0.2, -0.15) is 10.4 Å². The highest BCUT2D eigenvalue weighted by Gasteiger charge is 2.04. The normalized spacial score (nSPS) is 10.1. The predicted molar refractivity (Wildman–Crippen MR) is 84.2 cm³/mol. The van der Waals surface area contributed by atoms with E-state index in [0.717, 1.165) is 11.1 Å². The maximum Gasteiger partial charge on any atom is 0.267 e. The van der Waals surface area contributed by atoms with E-state index >= 15 is 0 Å². The summed E-state index contributed by atoms with van der Waals surface area (Å²) in [4.78, 5) is 12.0. The number of hydrogen-bond donors (Lipinski definition) is 0. The van der Waals surface area contributed by atoms with E-state index in [0.29, 0.717) is 17.8 Å². The summed E-state index contributed by atoms with van der Waals surface area (Å²) >= 11 is 0. The number of rotatable bonds is 3. The minimum Gasteiger partial charge on any atom is -0.268 e. The quantitative estimate of drug-likeness (QED) is 0.744. The van der Waals surface area contributed by atoms with Gasteiger partial charge in [-0.1, -0.05) is 42.5 Å². The van der Waals surface area contributed by atoms with Crippen LogP contribution in [0.5, 0.6) is 0 Å². The second-order valence-corrected chi connectivity index (χ2v) is 4.89. The van der Waals surface area contributed by atoms with Crippen LogP contribution in [0.2, 0.25) is 0 Å². The van der Waals surface area contributed by atoms with Crippen molar-refractivity contribution in [2.24, 2.45) is 0 Å². The lowest BCUT2D eigenvalue weighted by Gasteiger charge is -2.07. The first-order valence-electron chi connectivity index (χ1n) is 6.89. The summed E-state index contributed by atoms with van der Waals surface area (Å²) in [6.07, 6.45) is 0. The molecular formula is C18H13N3O. The van der Waals surface area contributed by atoms with Crippen molar-refractivity contribution in [1.29, 1.82) is 5.26 Å². The average molecular weight is 287 g/mol. The molecule has 2 aromatic carbocycles. The van der Waals surface area contributed by atoms with E-state index < -0.39 is 0 Å². The summed E-state index contributed by atoms with van der Waals surface area (Å²) in [6, 6.07) is 22.2. The zero-order valence-corrected chi connectivity index (χ0v) is 11.8. The maximum atomic E-state index is 12.0. The van der Waals surface area contributed by atoms with Crippen molar-refractivity contribution in [3.05, 3.63) is 88.2 Å². The molecule has 106 valence electrons. The number of hydrogen-bond acceptors (Lipinski definition) is 3. The van der Waals surface area contributed by atoms with E-state index in [4.69, 9.17) is 5.26 Å². The van der Waals surface area contributed by atoms with Crippen LogP contribution in [0.3, 0.4) is 0 Å². The van der Waals surface area contributed by atoms with Gasteiger partial charge in [-0.15, -0.1) is 0 Å². The fourth-order valence-electron chi connectivity index (χ4n) is 2.19. The smallest absolute Gasteiger partial charge is 0.267 e. The Labute approximate surface area is 127 Å². The Balaban J connectivity index is 1.95. The van der Waals surface area contributed by atoms with Crippen molar-refractivity contribution >= 4 is 0 Å². The van der Waals surface area contributed by atoms with Crippen molar-refractivity contribution in [3.8, 4) is 17.3 Å². The fraction of sp³-hybridized carbons (Fsp3) is 0.0556. The van der Waals surface area contributed by atoms with E-state index in [9.17, 15) is 4.79 Å². The average Bonchev–Trinajstić information content (AvgIpc) is 2.58. The van der Waals surface area contributed by atoms with Gasteiger partial charge in [0.2, 0.25) is 0 Å². The largest absolute Gasteiger partial charge is 0.268 e. The van der Waals surface area contributed by atoms with Gasteiger partial charge in [0.15, 0.2) is 0 Å². The van der Waals surface area contributed by atoms with Crippen LogP contribution in [0, 0.1) is 11.3 Å². The molecule has 0 saturated heterocycles. The van der Waals surface area contributed by atoms with Crippen LogP contribution in [0.15, 0.2) is 71.5 Å². The first-order chi connectivity index (χ1) is 10.8. The summed E-state index contributed by atoms with van der Waals surface area (Å²) < 4.78 is 1.45. The Bertz CT molecular complexity index is 875. The molecule has 0 N–H and O–H groups in total. The standard InChI is InChI=1S/C18H13N3O/c19-12-14-6-8-16(9-7-14)17-10-11-18(22)21(20-17)13-15-4-2-1-3-5-15/h1-11H,13H2. The van der Waals surface area contributed by atoms with Crippen LogP contribution in [-0.2, 0) is 6.54 Å². The molecule has 0 amide bonds.